The monoisotopic (exact) mass is 243 g/mol. The summed E-state index contributed by atoms with van der Waals surface area (Å²) in [6.07, 6.45) is 0. The van der Waals surface area contributed by atoms with Crippen molar-refractivity contribution in [1.29, 1.82) is 0 Å². The van der Waals surface area contributed by atoms with Gasteiger partial charge in [0.25, 0.3) is 0 Å². The van der Waals surface area contributed by atoms with Crippen LogP contribution in [0.15, 0.2) is 24.3 Å². The van der Waals surface area contributed by atoms with E-state index in [-0.39, 0.29) is 0 Å². The van der Waals surface area contributed by atoms with E-state index in [1.54, 1.807) is 0 Å². The lowest BCUT2D eigenvalue weighted by Gasteiger charge is -2.04. The summed E-state index contributed by atoms with van der Waals surface area (Å²) in [6, 6.07) is 8.53. The Hall–Kier alpha value is -1.64. The molecule has 2 rings (SSSR count). The van der Waals surface area contributed by atoms with Crippen LogP contribution in [0.3, 0.4) is 0 Å². The number of aryl methyl sites for hydroxylation is 1. The van der Waals surface area contributed by atoms with Crippen molar-refractivity contribution in [2.45, 2.75) is 39.5 Å². The van der Waals surface area contributed by atoms with Crippen LogP contribution < -0.4 is 0 Å². The zero-order valence-electron chi connectivity index (χ0n) is 11.8. The summed E-state index contributed by atoms with van der Waals surface area (Å²) in [5, 5.41) is 4.48. The van der Waals surface area contributed by atoms with Gasteiger partial charge in [0.05, 0.1) is 0 Å². The van der Waals surface area contributed by atoms with Crippen molar-refractivity contribution < 1.29 is 0 Å². The van der Waals surface area contributed by atoms with Crippen LogP contribution in [0.25, 0.3) is 11.4 Å². The third-order valence-electron chi connectivity index (χ3n) is 3.15. The third kappa shape index (κ3) is 2.45. The first-order chi connectivity index (χ1) is 8.49. The third-order valence-corrected chi connectivity index (χ3v) is 3.15. The molecule has 0 atom stereocenters. The topological polar surface area (TPSA) is 30.7 Å². The van der Waals surface area contributed by atoms with Gasteiger partial charge in [-0.1, -0.05) is 52.0 Å². The van der Waals surface area contributed by atoms with Crippen LogP contribution in [0.2, 0.25) is 0 Å². The van der Waals surface area contributed by atoms with Crippen molar-refractivity contribution in [3.63, 3.8) is 0 Å². The fourth-order valence-corrected chi connectivity index (χ4v) is 2.04. The summed E-state index contributed by atoms with van der Waals surface area (Å²) in [5.74, 6) is 2.79. The maximum Gasteiger partial charge on any atom is 0.181 e. The number of benzene rings is 1. The van der Waals surface area contributed by atoms with Crippen molar-refractivity contribution in [2.24, 2.45) is 7.05 Å². The fraction of sp³-hybridized carbons (Fsp3) is 0.467. The van der Waals surface area contributed by atoms with Gasteiger partial charge >= 0.3 is 0 Å². The van der Waals surface area contributed by atoms with Gasteiger partial charge < -0.3 is 0 Å². The number of hydrogen-bond donors (Lipinski definition) is 0. The molecule has 0 fully saturated rings. The molecule has 0 aliphatic rings. The molecule has 0 unspecified atom stereocenters. The molecule has 1 aromatic carbocycles. The van der Waals surface area contributed by atoms with Gasteiger partial charge in [0, 0.05) is 18.5 Å². The molecular weight excluding hydrogens is 222 g/mol. The molecule has 0 N–H and O–H groups in total. The van der Waals surface area contributed by atoms with Crippen molar-refractivity contribution in [2.75, 3.05) is 0 Å². The molecule has 0 bridgehead atoms. The molecule has 0 amide bonds. The van der Waals surface area contributed by atoms with Crippen molar-refractivity contribution in [1.82, 2.24) is 14.8 Å². The highest BCUT2D eigenvalue weighted by Crippen LogP contribution is 2.22. The standard InChI is InChI=1S/C15H21N3/c1-10(2)12-6-8-13(9-7-12)14-16-15(11(3)4)18(5)17-14/h6-11H,1-5H3. The Morgan fingerprint density at radius 3 is 2.00 bits per heavy atom. The summed E-state index contributed by atoms with van der Waals surface area (Å²) >= 11 is 0. The molecule has 0 spiro atoms. The maximum atomic E-state index is 4.61. The number of aromatic nitrogens is 3. The molecule has 1 heterocycles. The van der Waals surface area contributed by atoms with E-state index in [0.717, 1.165) is 17.2 Å². The van der Waals surface area contributed by atoms with Gasteiger partial charge in [-0.15, -0.1) is 0 Å². The summed E-state index contributed by atoms with van der Waals surface area (Å²) in [7, 11) is 1.95. The lowest BCUT2D eigenvalue weighted by molar-refractivity contribution is 0.655. The summed E-state index contributed by atoms with van der Waals surface area (Å²) in [5.41, 5.74) is 2.43. The molecule has 0 aliphatic carbocycles. The Morgan fingerprint density at radius 2 is 1.56 bits per heavy atom. The number of nitrogens with zero attached hydrogens (tertiary/aromatic N) is 3. The molecule has 18 heavy (non-hydrogen) atoms. The van der Waals surface area contributed by atoms with Gasteiger partial charge in [-0.3, -0.25) is 4.68 Å². The zero-order chi connectivity index (χ0) is 13.3. The smallest absolute Gasteiger partial charge is 0.181 e. The van der Waals surface area contributed by atoms with Gasteiger partial charge in [0.15, 0.2) is 5.82 Å². The first-order valence-corrected chi connectivity index (χ1v) is 6.50. The van der Waals surface area contributed by atoms with E-state index in [4.69, 9.17) is 0 Å². The lowest BCUT2D eigenvalue weighted by Crippen LogP contribution is -2.00. The van der Waals surface area contributed by atoms with Crippen LogP contribution in [0.1, 0.15) is 50.9 Å². The summed E-state index contributed by atoms with van der Waals surface area (Å²) < 4.78 is 1.87. The SMILES string of the molecule is CC(C)c1ccc(-c2nc(C(C)C)n(C)n2)cc1. The second kappa shape index (κ2) is 4.92. The summed E-state index contributed by atoms with van der Waals surface area (Å²) in [6.45, 7) is 8.67. The van der Waals surface area contributed by atoms with Crippen LogP contribution in [-0.4, -0.2) is 14.8 Å². The number of hydrogen-bond acceptors (Lipinski definition) is 2. The molecule has 3 heteroatoms. The lowest BCUT2D eigenvalue weighted by atomic mass is 10.0. The molecule has 0 saturated heterocycles. The normalized spacial score (nSPS) is 11.5. The van der Waals surface area contributed by atoms with Crippen molar-refractivity contribution in [3.8, 4) is 11.4 Å². The Bertz CT molecular complexity index is 521. The zero-order valence-corrected chi connectivity index (χ0v) is 11.8. The Morgan fingerprint density at radius 1 is 0.944 bits per heavy atom. The highest BCUT2D eigenvalue weighted by atomic mass is 15.3. The minimum atomic E-state index is 0.395. The molecule has 3 nitrogen and oxygen atoms in total. The minimum absolute atomic E-state index is 0.395. The minimum Gasteiger partial charge on any atom is -0.252 e. The van der Waals surface area contributed by atoms with E-state index in [1.807, 2.05) is 11.7 Å². The average molecular weight is 243 g/mol. The van der Waals surface area contributed by atoms with Gasteiger partial charge in [0.1, 0.15) is 5.82 Å². The second-order valence-corrected chi connectivity index (χ2v) is 5.35. The van der Waals surface area contributed by atoms with Crippen LogP contribution in [0.4, 0.5) is 0 Å². The largest absolute Gasteiger partial charge is 0.252 e. The van der Waals surface area contributed by atoms with Gasteiger partial charge in [-0.05, 0) is 11.5 Å². The van der Waals surface area contributed by atoms with Crippen LogP contribution in [0.5, 0.6) is 0 Å². The Labute approximate surface area is 109 Å². The first-order valence-electron chi connectivity index (χ1n) is 6.50. The predicted octanol–water partition coefficient (Wildman–Crippen LogP) is 3.73. The molecule has 0 saturated carbocycles. The number of rotatable bonds is 3. The summed E-state index contributed by atoms with van der Waals surface area (Å²) in [4.78, 5) is 4.61. The van der Waals surface area contributed by atoms with Gasteiger partial charge in [-0.2, -0.15) is 5.10 Å². The molecule has 2 aromatic rings. The highest BCUT2D eigenvalue weighted by Gasteiger charge is 2.12. The van der Waals surface area contributed by atoms with Crippen LogP contribution in [0, 0.1) is 0 Å². The molecule has 0 aliphatic heterocycles. The highest BCUT2D eigenvalue weighted by molar-refractivity contribution is 5.55. The van der Waals surface area contributed by atoms with Crippen molar-refractivity contribution in [3.05, 3.63) is 35.7 Å². The molecular formula is C15H21N3. The van der Waals surface area contributed by atoms with E-state index in [0.29, 0.717) is 11.8 Å². The van der Waals surface area contributed by atoms with Gasteiger partial charge in [-0.25, -0.2) is 4.98 Å². The van der Waals surface area contributed by atoms with Crippen LogP contribution >= 0.6 is 0 Å². The Balaban J connectivity index is 2.34. The fourth-order valence-electron chi connectivity index (χ4n) is 2.04. The Kier molecular flexibility index (Phi) is 3.50. The van der Waals surface area contributed by atoms with Crippen molar-refractivity contribution >= 4 is 0 Å². The van der Waals surface area contributed by atoms with E-state index < -0.39 is 0 Å². The predicted molar refractivity (Wildman–Crippen MR) is 74.6 cm³/mol. The second-order valence-electron chi connectivity index (χ2n) is 5.35. The van der Waals surface area contributed by atoms with E-state index in [2.05, 4.69) is 62.0 Å². The average Bonchev–Trinajstić information content (AvgIpc) is 2.71. The molecule has 1 aromatic heterocycles. The van der Waals surface area contributed by atoms with Crippen LogP contribution in [-0.2, 0) is 7.05 Å². The van der Waals surface area contributed by atoms with E-state index in [9.17, 15) is 0 Å². The first kappa shape index (κ1) is 12.8. The van der Waals surface area contributed by atoms with Gasteiger partial charge in [0.2, 0.25) is 0 Å². The molecule has 96 valence electrons. The van der Waals surface area contributed by atoms with E-state index >= 15 is 0 Å². The molecule has 0 radical (unpaired) electrons. The maximum absolute atomic E-state index is 4.61. The van der Waals surface area contributed by atoms with E-state index in [1.165, 1.54) is 5.56 Å². The quantitative estimate of drug-likeness (QED) is 0.822.